The monoisotopic (exact) mass is 294 g/mol. The number of hydrogen-bond donors (Lipinski definition) is 4. The van der Waals surface area contributed by atoms with E-state index in [4.69, 9.17) is 4.74 Å². The zero-order chi connectivity index (χ0) is 15.7. The topological polar surface area (TPSA) is 90.8 Å². The first-order valence-corrected chi connectivity index (χ1v) is 6.92. The molecule has 1 aromatic carbocycles. The number of ether oxygens (including phenoxy) is 1. The van der Waals surface area contributed by atoms with E-state index in [9.17, 15) is 15.0 Å². The van der Waals surface area contributed by atoms with Crippen molar-refractivity contribution in [2.45, 2.75) is 38.4 Å². The fourth-order valence-electron chi connectivity index (χ4n) is 2.13. The number of carbonyl (C=O) groups excluding carboxylic acids is 1. The first-order chi connectivity index (χ1) is 9.67. The number of phenols is 1. The first kappa shape index (κ1) is 15.6. The van der Waals surface area contributed by atoms with E-state index in [0.717, 1.165) is 5.56 Å². The minimum Gasteiger partial charge on any atom is -0.506 e. The van der Waals surface area contributed by atoms with Crippen LogP contribution in [0, 0.1) is 0 Å². The number of carbonyl (C=O) groups is 1. The number of rotatable bonds is 3. The number of phenolic OH excluding ortho intramolecular Hbond substituents is 1. The van der Waals surface area contributed by atoms with Crippen LogP contribution < -0.4 is 10.6 Å². The van der Waals surface area contributed by atoms with Gasteiger partial charge >= 0.3 is 6.09 Å². The third kappa shape index (κ3) is 4.34. The van der Waals surface area contributed by atoms with Gasteiger partial charge in [-0.1, -0.05) is 6.07 Å². The van der Waals surface area contributed by atoms with Crippen molar-refractivity contribution in [3.63, 3.8) is 0 Å². The van der Waals surface area contributed by atoms with Gasteiger partial charge in [-0.05, 0) is 38.5 Å². The molecule has 1 aliphatic heterocycles. The molecule has 6 heteroatoms. The number of hydrogen-bond acceptors (Lipinski definition) is 5. The molecule has 0 unspecified atom stereocenters. The molecule has 0 atom stereocenters. The van der Waals surface area contributed by atoms with Crippen LogP contribution in [0.2, 0.25) is 0 Å². The lowest BCUT2D eigenvalue weighted by Gasteiger charge is -2.37. The Kier molecular flexibility index (Phi) is 4.11. The Balaban J connectivity index is 2.06. The molecule has 1 aromatic rings. The Bertz CT molecular complexity index is 533. The van der Waals surface area contributed by atoms with Crippen LogP contribution >= 0.6 is 0 Å². The quantitative estimate of drug-likeness (QED) is 0.636. The number of nitrogens with one attached hydrogen (secondary N) is 2. The number of aliphatic hydroxyl groups is 1. The Labute approximate surface area is 124 Å². The molecule has 6 nitrogen and oxygen atoms in total. The van der Waals surface area contributed by atoms with Crippen molar-refractivity contribution in [3.8, 4) is 5.75 Å². The molecule has 0 aliphatic carbocycles. The highest BCUT2D eigenvalue weighted by Crippen LogP contribution is 2.27. The minimum absolute atomic E-state index is 0.0386. The van der Waals surface area contributed by atoms with Gasteiger partial charge in [0.1, 0.15) is 11.4 Å². The van der Waals surface area contributed by atoms with Crippen LogP contribution in [-0.4, -0.2) is 40.6 Å². The number of aromatic hydroxyl groups is 1. The van der Waals surface area contributed by atoms with Gasteiger partial charge < -0.3 is 20.3 Å². The molecular weight excluding hydrogens is 272 g/mol. The summed E-state index contributed by atoms with van der Waals surface area (Å²) in [6.45, 7) is 6.39. The molecule has 0 saturated carbocycles. The normalized spacial score (nSPS) is 17.0. The average Bonchev–Trinajstić information content (AvgIpc) is 2.29. The van der Waals surface area contributed by atoms with Gasteiger partial charge in [0.25, 0.3) is 0 Å². The number of β-amino-alcohol motifs (C(OH)–C–C–N with tert-alkyl or cyclic N) is 1. The van der Waals surface area contributed by atoms with Gasteiger partial charge in [-0.3, -0.25) is 5.32 Å². The molecule has 1 fully saturated rings. The van der Waals surface area contributed by atoms with Crippen molar-refractivity contribution >= 4 is 11.8 Å². The van der Waals surface area contributed by atoms with Gasteiger partial charge in [0, 0.05) is 19.5 Å². The molecule has 116 valence electrons. The molecule has 4 N–H and O–H groups in total. The predicted octanol–water partition coefficient (Wildman–Crippen LogP) is 1.62. The van der Waals surface area contributed by atoms with Crippen LogP contribution in [0.5, 0.6) is 5.75 Å². The van der Waals surface area contributed by atoms with Crippen LogP contribution in [-0.2, 0) is 11.2 Å². The highest BCUT2D eigenvalue weighted by Gasteiger charge is 2.34. The second-order valence-corrected chi connectivity index (χ2v) is 6.48. The maximum Gasteiger partial charge on any atom is 0.412 e. The molecule has 2 rings (SSSR count). The van der Waals surface area contributed by atoms with E-state index < -0.39 is 17.3 Å². The average molecular weight is 294 g/mol. The molecule has 0 radical (unpaired) electrons. The smallest absolute Gasteiger partial charge is 0.412 e. The summed E-state index contributed by atoms with van der Waals surface area (Å²) < 4.78 is 5.15. The first-order valence-electron chi connectivity index (χ1n) is 6.92. The SMILES string of the molecule is CC(C)(C)OC(=O)Nc1cc(CC2(O)CNC2)ccc1O. The third-order valence-corrected chi connectivity index (χ3v) is 3.14. The van der Waals surface area contributed by atoms with Crippen molar-refractivity contribution in [1.82, 2.24) is 5.32 Å². The van der Waals surface area contributed by atoms with Crippen LogP contribution in [0.15, 0.2) is 18.2 Å². The molecule has 0 spiro atoms. The van der Waals surface area contributed by atoms with E-state index in [1.165, 1.54) is 6.07 Å². The van der Waals surface area contributed by atoms with Crippen LogP contribution in [0.4, 0.5) is 10.5 Å². The van der Waals surface area contributed by atoms with Crippen molar-refractivity contribution in [3.05, 3.63) is 23.8 Å². The van der Waals surface area contributed by atoms with Crippen LogP contribution in [0.25, 0.3) is 0 Å². The molecule has 1 saturated heterocycles. The number of benzene rings is 1. The standard InChI is InChI=1S/C15H22N2O4/c1-14(2,3)21-13(19)17-11-6-10(4-5-12(11)18)7-15(20)8-16-9-15/h4-6,16,18,20H,7-9H2,1-3H3,(H,17,19). The minimum atomic E-state index is -0.750. The van der Waals surface area contributed by atoms with Crippen LogP contribution in [0.3, 0.4) is 0 Å². The summed E-state index contributed by atoms with van der Waals surface area (Å²) in [4.78, 5) is 11.7. The van der Waals surface area contributed by atoms with Crippen molar-refractivity contribution in [2.75, 3.05) is 18.4 Å². The molecule has 0 bridgehead atoms. The van der Waals surface area contributed by atoms with E-state index >= 15 is 0 Å². The highest BCUT2D eigenvalue weighted by molar-refractivity contribution is 5.87. The fourth-order valence-corrected chi connectivity index (χ4v) is 2.13. The summed E-state index contributed by atoms with van der Waals surface area (Å²) in [7, 11) is 0. The largest absolute Gasteiger partial charge is 0.506 e. The fraction of sp³-hybridized carbons (Fsp3) is 0.533. The highest BCUT2D eigenvalue weighted by atomic mass is 16.6. The van der Waals surface area contributed by atoms with Crippen molar-refractivity contribution < 1.29 is 19.7 Å². The maximum absolute atomic E-state index is 11.7. The van der Waals surface area contributed by atoms with Gasteiger partial charge in [0.05, 0.1) is 11.3 Å². The third-order valence-electron chi connectivity index (χ3n) is 3.14. The zero-order valence-electron chi connectivity index (χ0n) is 12.6. The van der Waals surface area contributed by atoms with E-state index in [1.54, 1.807) is 32.9 Å². The molecule has 0 aromatic heterocycles. The van der Waals surface area contributed by atoms with Crippen molar-refractivity contribution in [2.24, 2.45) is 0 Å². The molecule has 1 aliphatic rings. The van der Waals surface area contributed by atoms with Gasteiger partial charge in [-0.25, -0.2) is 4.79 Å². The Morgan fingerprint density at radius 1 is 1.43 bits per heavy atom. The lowest BCUT2D eigenvalue weighted by atomic mass is 9.89. The zero-order valence-corrected chi connectivity index (χ0v) is 12.6. The predicted molar refractivity (Wildman–Crippen MR) is 79.5 cm³/mol. The summed E-state index contributed by atoms with van der Waals surface area (Å²) in [6, 6.07) is 4.87. The summed E-state index contributed by atoms with van der Waals surface area (Å²) in [6.07, 6.45) is -0.164. The van der Waals surface area contributed by atoms with Gasteiger partial charge in [0.2, 0.25) is 0 Å². The second kappa shape index (κ2) is 5.54. The van der Waals surface area contributed by atoms with Gasteiger partial charge in [-0.15, -0.1) is 0 Å². The van der Waals surface area contributed by atoms with Gasteiger partial charge in [-0.2, -0.15) is 0 Å². The Morgan fingerprint density at radius 2 is 2.10 bits per heavy atom. The second-order valence-electron chi connectivity index (χ2n) is 6.48. The van der Waals surface area contributed by atoms with Gasteiger partial charge in [0.15, 0.2) is 0 Å². The van der Waals surface area contributed by atoms with E-state index in [0.29, 0.717) is 19.5 Å². The summed E-state index contributed by atoms with van der Waals surface area (Å²) in [5, 5.41) is 25.5. The molecule has 21 heavy (non-hydrogen) atoms. The lowest BCUT2D eigenvalue weighted by molar-refractivity contribution is -0.00901. The van der Waals surface area contributed by atoms with E-state index in [-0.39, 0.29) is 11.4 Å². The Hall–Kier alpha value is -1.79. The van der Waals surface area contributed by atoms with E-state index in [2.05, 4.69) is 10.6 Å². The summed E-state index contributed by atoms with van der Waals surface area (Å²) >= 11 is 0. The molecule has 1 amide bonds. The molecule has 1 heterocycles. The van der Waals surface area contributed by atoms with E-state index in [1.807, 2.05) is 0 Å². The number of amides is 1. The summed E-state index contributed by atoms with van der Waals surface area (Å²) in [5.74, 6) is -0.0386. The molecular formula is C15H22N2O4. The van der Waals surface area contributed by atoms with Crippen molar-refractivity contribution in [1.29, 1.82) is 0 Å². The maximum atomic E-state index is 11.7. The lowest BCUT2D eigenvalue weighted by Crippen LogP contribution is -2.60. The summed E-state index contributed by atoms with van der Waals surface area (Å²) in [5.41, 5.74) is -0.245. The Morgan fingerprint density at radius 3 is 2.62 bits per heavy atom. The number of anilines is 1. The van der Waals surface area contributed by atoms with Crippen LogP contribution in [0.1, 0.15) is 26.3 Å².